The summed E-state index contributed by atoms with van der Waals surface area (Å²) in [6.07, 6.45) is 2.66. The first-order chi connectivity index (χ1) is 11.6. The van der Waals surface area contributed by atoms with Gasteiger partial charge in [-0.1, -0.05) is 30.8 Å². The normalized spacial score (nSPS) is 12.5. The molecule has 24 heavy (non-hydrogen) atoms. The number of rotatable bonds is 4. The minimum atomic E-state index is -0.342. The predicted molar refractivity (Wildman–Crippen MR) is 96.0 cm³/mol. The molecule has 0 aliphatic carbocycles. The van der Waals surface area contributed by atoms with Crippen molar-refractivity contribution in [3.8, 4) is 11.3 Å². The Labute approximate surface area is 143 Å². The number of halogens is 1. The fourth-order valence-electron chi connectivity index (χ4n) is 2.67. The summed E-state index contributed by atoms with van der Waals surface area (Å²) >= 11 is 1.37. The molecule has 0 unspecified atom stereocenters. The van der Waals surface area contributed by atoms with Crippen LogP contribution in [0.25, 0.3) is 22.3 Å². The maximum Gasteiger partial charge on any atom is 0.252 e. The van der Waals surface area contributed by atoms with E-state index in [-0.39, 0.29) is 17.4 Å². The molecule has 0 aliphatic heterocycles. The maximum atomic E-state index is 14.3. The zero-order chi connectivity index (χ0) is 17.3. The molecule has 2 aromatic heterocycles. The second-order valence-electron chi connectivity index (χ2n) is 5.57. The SMILES string of the molecule is CC[C@H](C)n1c(=O)ccc2c(-c3ccccc3F)nc(SC)nc21. The number of nitrogens with zero attached hydrogens (tertiary/aromatic N) is 3. The van der Waals surface area contributed by atoms with E-state index in [4.69, 9.17) is 0 Å². The van der Waals surface area contributed by atoms with E-state index < -0.39 is 0 Å². The third-order valence-electron chi connectivity index (χ3n) is 4.11. The molecule has 0 saturated carbocycles. The monoisotopic (exact) mass is 343 g/mol. The third-order valence-corrected chi connectivity index (χ3v) is 4.65. The van der Waals surface area contributed by atoms with Gasteiger partial charge in [0.2, 0.25) is 0 Å². The molecule has 6 heteroatoms. The lowest BCUT2D eigenvalue weighted by atomic mass is 10.1. The van der Waals surface area contributed by atoms with Gasteiger partial charge in [0.25, 0.3) is 5.56 Å². The van der Waals surface area contributed by atoms with E-state index in [2.05, 4.69) is 9.97 Å². The smallest absolute Gasteiger partial charge is 0.252 e. The molecule has 1 atom stereocenters. The van der Waals surface area contributed by atoms with Gasteiger partial charge in [-0.05, 0) is 37.8 Å². The van der Waals surface area contributed by atoms with Crippen LogP contribution in [0.1, 0.15) is 26.3 Å². The number of pyridine rings is 1. The summed E-state index contributed by atoms with van der Waals surface area (Å²) in [4.78, 5) is 21.4. The van der Waals surface area contributed by atoms with E-state index in [0.29, 0.717) is 27.4 Å². The van der Waals surface area contributed by atoms with E-state index in [1.54, 1.807) is 28.8 Å². The quantitative estimate of drug-likeness (QED) is 0.524. The Kier molecular flexibility index (Phi) is 4.66. The number of thioether (sulfide) groups is 1. The molecule has 0 fully saturated rings. The average Bonchev–Trinajstić information content (AvgIpc) is 2.60. The van der Waals surface area contributed by atoms with Crippen molar-refractivity contribution in [2.45, 2.75) is 31.5 Å². The molecule has 0 saturated heterocycles. The minimum Gasteiger partial charge on any atom is -0.290 e. The summed E-state index contributed by atoms with van der Waals surface area (Å²) in [6, 6.07) is 9.71. The average molecular weight is 343 g/mol. The molecule has 0 radical (unpaired) electrons. The van der Waals surface area contributed by atoms with Gasteiger partial charge in [0.15, 0.2) is 5.16 Å². The molecular formula is C18H18FN3OS. The number of aromatic nitrogens is 3. The Morgan fingerprint density at radius 3 is 2.62 bits per heavy atom. The van der Waals surface area contributed by atoms with Crippen LogP contribution in [0, 0.1) is 5.82 Å². The lowest BCUT2D eigenvalue weighted by molar-refractivity contribution is 0.526. The summed E-state index contributed by atoms with van der Waals surface area (Å²) in [5, 5.41) is 1.20. The second kappa shape index (κ2) is 6.73. The number of hydrogen-bond donors (Lipinski definition) is 0. The summed E-state index contributed by atoms with van der Waals surface area (Å²) in [7, 11) is 0. The van der Waals surface area contributed by atoms with Gasteiger partial charge in [-0.3, -0.25) is 9.36 Å². The van der Waals surface area contributed by atoms with E-state index in [0.717, 1.165) is 6.42 Å². The first-order valence-electron chi connectivity index (χ1n) is 7.79. The summed E-state index contributed by atoms with van der Waals surface area (Å²) < 4.78 is 16.0. The predicted octanol–water partition coefficient (Wildman–Crippen LogP) is 4.29. The Bertz CT molecular complexity index is 955. The van der Waals surface area contributed by atoms with Crippen molar-refractivity contribution in [1.29, 1.82) is 0 Å². The molecule has 4 nitrogen and oxygen atoms in total. The lowest BCUT2D eigenvalue weighted by Gasteiger charge is -2.17. The van der Waals surface area contributed by atoms with Gasteiger partial charge in [-0.25, -0.2) is 14.4 Å². The van der Waals surface area contributed by atoms with Crippen molar-refractivity contribution in [3.63, 3.8) is 0 Å². The maximum absolute atomic E-state index is 14.3. The van der Waals surface area contributed by atoms with Crippen molar-refractivity contribution in [2.24, 2.45) is 0 Å². The zero-order valence-corrected chi connectivity index (χ0v) is 14.6. The molecule has 0 aliphatic rings. The molecule has 1 aromatic carbocycles. The van der Waals surface area contributed by atoms with Gasteiger partial charge < -0.3 is 0 Å². The zero-order valence-electron chi connectivity index (χ0n) is 13.8. The molecule has 0 spiro atoms. The highest BCUT2D eigenvalue weighted by Gasteiger charge is 2.17. The molecule has 0 N–H and O–H groups in total. The van der Waals surface area contributed by atoms with Crippen LogP contribution in [0.15, 0.2) is 46.3 Å². The standard InChI is InChI=1S/C18H18FN3OS/c1-4-11(2)22-15(23)10-9-13-16(12-7-5-6-8-14(12)19)20-18(24-3)21-17(13)22/h5-11H,4H2,1-3H3/t11-/m0/s1. The first-order valence-corrected chi connectivity index (χ1v) is 9.01. The van der Waals surface area contributed by atoms with Crippen LogP contribution in [0.4, 0.5) is 4.39 Å². The number of fused-ring (bicyclic) bond motifs is 1. The molecular weight excluding hydrogens is 325 g/mol. The van der Waals surface area contributed by atoms with Crippen LogP contribution in [-0.4, -0.2) is 20.8 Å². The summed E-state index contributed by atoms with van der Waals surface area (Å²) in [5.41, 5.74) is 1.37. The molecule has 3 aromatic rings. The molecule has 0 amide bonds. The van der Waals surface area contributed by atoms with Gasteiger partial charge in [0.05, 0.1) is 5.69 Å². The fourth-order valence-corrected chi connectivity index (χ4v) is 3.03. The van der Waals surface area contributed by atoms with Gasteiger partial charge in [-0.2, -0.15) is 0 Å². The second-order valence-corrected chi connectivity index (χ2v) is 6.35. The van der Waals surface area contributed by atoms with Crippen LogP contribution in [0.5, 0.6) is 0 Å². The Morgan fingerprint density at radius 2 is 1.96 bits per heavy atom. The van der Waals surface area contributed by atoms with Crippen LogP contribution in [0.2, 0.25) is 0 Å². The van der Waals surface area contributed by atoms with Crippen LogP contribution >= 0.6 is 11.8 Å². The van der Waals surface area contributed by atoms with Gasteiger partial charge in [0.1, 0.15) is 11.5 Å². The van der Waals surface area contributed by atoms with Gasteiger partial charge in [0, 0.05) is 23.1 Å². The number of hydrogen-bond acceptors (Lipinski definition) is 4. The lowest BCUT2D eigenvalue weighted by Crippen LogP contribution is -2.23. The summed E-state index contributed by atoms with van der Waals surface area (Å²) in [5.74, 6) is -0.342. The first kappa shape index (κ1) is 16.6. The van der Waals surface area contributed by atoms with Crippen molar-refractivity contribution in [1.82, 2.24) is 14.5 Å². The molecule has 0 bridgehead atoms. The third kappa shape index (κ3) is 2.82. The largest absolute Gasteiger partial charge is 0.290 e. The van der Waals surface area contributed by atoms with Crippen LogP contribution < -0.4 is 5.56 Å². The highest BCUT2D eigenvalue weighted by Crippen LogP contribution is 2.30. The molecule has 3 rings (SSSR count). The van der Waals surface area contributed by atoms with Crippen molar-refractivity contribution < 1.29 is 4.39 Å². The number of benzene rings is 1. The Hall–Kier alpha value is -2.21. The van der Waals surface area contributed by atoms with Crippen molar-refractivity contribution in [2.75, 3.05) is 6.26 Å². The minimum absolute atomic E-state index is 0.000670. The highest BCUT2D eigenvalue weighted by atomic mass is 32.2. The van der Waals surface area contributed by atoms with E-state index in [1.807, 2.05) is 20.1 Å². The van der Waals surface area contributed by atoms with E-state index >= 15 is 0 Å². The fraction of sp³-hybridized carbons (Fsp3) is 0.278. The molecule has 2 heterocycles. The van der Waals surface area contributed by atoms with Crippen molar-refractivity contribution in [3.05, 3.63) is 52.6 Å². The Morgan fingerprint density at radius 1 is 1.21 bits per heavy atom. The Balaban J connectivity index is 2.43. The van der Waals surface area contributed by atoms with E-state index in [1.165, 1.54) is 23.9 Å². The van der Waals surface area contributed by atoms with E-state index in [9.17, 15) is 9.18 Å². The van der Waals surface area contributed by atoms with Crippen molar-refractivity contribution >= 4 is 22.8 Å². The highest BCUT2D eigenvalue weighted by molar-refractivity contribution is 7.98. The summed E-state index contributed by atoms with van der Waals surface area (Å²) in [6.45, 7) is 3.99. The van der Waals surface area contributed by atoms with Gasteiger partial charge >= 0.3 is 0 Å². The van der Waals surface area contributed by atoms with Crippen LogP contribution in [0.3, 0.4) is 0 Å². The van der Waals surface area contributed by atoms with Gasteiger partial charge in [-0.15, -0.1) is 0 Å². The van der Waals surface area contributed by atoms with Crippen LogP contribution in [-0.2, 0) is 0 Å². The molecule has 124 valence electrons. The topological polar surface area (TPSA) is 47.8 Å².